The number of aliphatic imine (C=N–C) groups is 1. The van der Waals surface area contributed by atoms with Crippen LogP contribution in [0.15, 0.2) is 70.6 Å². The highest BCUT2D eigenvalue weighted by molar-refractivity contribution is 8.18. The van der Waals surface area contributed by atoms with Crippen molar-refractivity contribution in [1.29, 1.82) is 0 Å². The Kier molecular flexibility index (Phi) is 7.84. The number of hydrogen-bond acceptors (Lipinski definition) is 4. The van der Waals surface area contributed by atoms with Crippen molar-refractivity contribution in [2.45, 2.75) is 13.5 Å². The highest BCUT2D eigenvalue weighted by atomic mass is 35.5. The van der Waals surface area contributed by atoms with Crippen LogP contribution in [0.2, 0.25) is 15.1 Å². The van der Waals surface area contributed by atoms with Gasteiger partial charge < -0.3 is 4.74 Å². The van der Waals surface area contributed by atoms with Gasteiger partial charge in [-0.3, -0.25) is 9.69 Å². The predicted octanol–water partition coefficient (Wildman–Crippen LogP) is 7.99. The number of nitrogens with zero attached hydrogens (tertiary/aromatic N) is 2. The smallest absolute Gasteiger partial charge is 0.266 e. The molecule has 4 nitrogen and oxygen atoms in total. The van der Waals surface area contributed by atoms with Gasteiger partial charge in [0, 0.05) is 17.1 Å². The highest BCUT2D eigenvalue weighted by Gasteiger charge is 2.32. The minimum atomic E-state index is -0.347. The Morgan fingerprint density at radius 2 is 1.71 bits per heavy atom. The van der Waals surface area contributed by atoms with E-state index in [1.165, 1.54) is 23.9 Å². The minimum absolute atomic E-state index is 0.181. The Balaban J connectivity index is 1.56. The lowest BCUT2D eigenvalue weighted by Gasteiger charge is -2.12. The third-order valence-corrected chi connectivity index (χ3v) is 6.84. The molecule has 0 bridgehead atoms. The number of hydrogen-bond donors (Lipinski definition) is 0. The van der Waals surface area contributed by atoms with Crippen LogP contribution in [0.3, 0.4) is 0 Å². The molecule has 1 aliphatic rings. The van der Waals surface area contributed by atoms with Crippen molar-refractivity contribution in [2.75, 3.05) is 6.54 Å². The molecule has 0 N–H and O–H groups in total. The first-order valence-electron chi connectivity index (χ1n) is 10.3. The number of halogens is 4. The summed E-state index contributed by atoms with van der Waals surface area (Å²) in [5.74, 6) is -0.190. The van der Waals surface area contributed by atoms with Crippen LogP contribution in [0, 0.1) is 5.82 Å². The van der Waals surface area contributed by atoms with Crippen LogP contribution in [-0.2, 0) is 11.4 Å². The number of rotatable bonds is 6. The van der Waals surface area contributed by atoms with Gasteiger partial charge in [0.15, 0.2) is 10.9 Å². The fourth-order valence-corrected chi connectivity index (χ4v) is 5.08. The van der Waals surface area contributed by atoms with Crippen molar-refractivity contribution in [2.24, 2.45) is 4.99 Å². The Hall–Kier alpha value is -2.51. The minimum Gasteiger partial charge on any atom is -0.486 e. The van der Waals surface area contributed by atoms with E-state index in [-0.39, 0.29) is 18.3 Å². The first-order valence-corrected chi connectivity index (χ1v) is 12.2. The molecule has 0 spiro atoms. The summed E-state index contributed by atoms with van der Waals surface area (Å²) >= 11 is 20.3. The maximum absolute atomic E-state index is 13.2. The van der Waals surface area contributed by atoms with E-state index >= 15 is 0 Å². The Bertz CT molecular complexity index is 1270. The van der Waals surface area contributed by atoms with Crippen molar-refractivity contribution in [3.05, 3.63) is 97.6 Å². The molecule has 9 heteroatoms. The summed E-state index contributed by atoms with van der Waals surface area (Å²) in [6.45, 7) is 2.52. The maximum Gasteiger partial charge on any atom is 0.266 e. The van der Waals surface area contributed by atoms with E-state index in [1.807, 2.05) is 25.1 Å². The van der Waals surface area contributed by atoms with Crippen LogP contribution in [0.25, 0.3) is 6.08 Å². The fourth-order valence-electron chi connectivity index (χ4n) is 3.21. The van der Waals surface area contributed by atoms with Gasteiger partial charge in [0.25, 0.3) is 5.91 Å². The number of likely N-dealkylation sites (N-methyl/N-ethyl adjacent to an activating group) is 1. The predicted molar refractivity (Wildman–Crippen MR) is 139 cm³/mol. The Morgan fingerprint density at radius 3 is 2.35 bits per heavy atom. The number of amidine groups is 1. The number of carbonyl (C=O) groups excluding carboxylic acids is 1. The molecule has 1 amide bonds. The molecule has 3 aromatic carbocycles. The van der Waals surface area contributed by atoms with Gasteiger partial charge in [-0.05, 0) is 72.8 Å². The average molecular weight is 536 g/mol. The molecule has 3 aromatic rings. The summed E-state index contributed by atoms with van der Waals surface area (Å²) in [5.41, 5.74) is 2.01. The molecule has 34 heavy (non-hydrogen) atoms. The van der Waals surface area contributed by atoms with Crippen LogP contribution in [-0.4, -0.2) is 22.5 Å². The highest BCUT2D eigenvalue weighted by Crippen LogP contribution is 2.38. The number of amides is 1. The Morgan fingerprint density at radius 1 is 1.03 bits per heavy atom. The third kappa shape index (κ3) is 5.58. The normalized spacial score (nSPS) is 16.0. The van der Waals surface area contributed by atoms with E-state index in [2.05, 4.69) is 4.99 Å². The van der Waals surface area contributed by atoms with E-state index in [9.17, 15) is 9.18 Å². The molecular weight excluding hydrogens is 518 g/mol. The number of carbonyl (C=O) groups is 1. The molecule has 174 valence electrons. The van der Waals surface area contributed by atoms with Crippen LogP contribution >= 0.6 is 46.6 Å². The van der Waals surface area contributed by atoms with E-state index in [0.717, 1.165) is 5.56 Å². The van der Waals surface area contributed by atoms with Gasteiger partial charge >= 0.3 is 0 Å². The fraction of sp³-hybridized carbons (Fsp3) is 0.120. The molecule has 0 aliphatic carbocycles. The first kappa shape index (κ1) is 24.6. The van der Waals surface area contributed by atoms with Crippen molar-refractivity contribution in [1.82, 2.24) is 4.90 Å². The summed E-state index contributed by atoms with van der Waals surface area (Å²) in [7, 11) is 0. The maximum atomic E-state index is 13.2. The summed E-state index contributed by atoms with van der Waals surface area (Å²) < 4.78 is 19.0. The molecule has 4 rings (SSSR count). The largest absolute Gasteiger partial charge is 0.486 e. The molecule has 1 heterocycles. The zero-order valence-corrected chi connectivity index (χ0v) is 21.0. The van der Waals surface area contributed by atoms with E-state index in [4.69, 9.17) is 39.5 Å². The molecule has 1 saturated heterocycles. The van der Waals surface area contributed by atoms with Gasteiger partial charge in [-0.2, -0.15) is 0 Å². The molecule has 1 aliphatic heterocycles. The van der Waals surface area contributed by atoms with Crippen molar-refractivity contribution in [3.63, 3.8) is 0 Å². The molecule has 0 atom stereocenters. The molecular formula is C25H18Cl3FN2O2S. The number of ether oxygens (including phenoxy) is 1. The van der Waals surface area contributed by atoms with Gasteiger partial charge in [0.2, 0.25) is 0 Å². The monoisotopic (exact) mass is 534 g/mol. The van der Waals surface area contributed by atoms with Gasteiger partial charge in [-0.15, -0.1) is 0 Å². The van der Waals surface area contributed by atoms with Crippen molar-refractivity contribution >= 4 is 69.4 Å². The second-order valence-corrected chi connectivity index (χ2v) is 9.46. The molecule has 0 aromatic heterocycles. The van der Waals surface area contributed by atoms with Gasteiger partial charge in [-0.25, -0.2) is 9.38 Å². The topological polar surface area (TPSA) is 41.9 Å². The molecule has 1 fully saturated rings. The molecule has 0 unspecified atom stereocenters. The zero-order chi connectivity index (χ0) is 24.2. The second-order valence-electron chi connectivity index (χ2n) is 7.22. The van der Waals surface area contributed by atoms with E-state index in [1.54, 1.807) is 41.3 Å². The molecule has 0 saturated carbocycles. The lowest BCUT2D eigenvalue weighted by atomic mass is 10.2. The van der Waals surface area contributed by atoms with Gasteiger partial charge in [0.05, 0.1) is 20.6 Å². The summed E-state index contributed by atoms with van der Waals surface area (Å²) in [6.07, 6.45) is 1.71. The summed E-state index contributed by atoms with van der Waals surface area (Å²) in [6, 6.07) is 16.5. The van der Waals surface area contributed by atoms with Crippen LogP contribution < -0.4 is 4.74 Å². The second kappa shape index (κ2) is 10.8. The van der Waals surface area contributed by atoms with Crippen LogP contribution in [0.5, 0.6) is 5.75 Å². The summed E-state index contributed by atoms with van der Waals surface area (Å²) in [4.78, 5) is 19.4. The van der Waals surface area contributed by atoms with Crippen LogP contribution in [0.1, 0.15) is 18.1 Å². The lowest BCUT2D eigenvalue weighted by Crippen LogP contribution is -2.28. The SMILES string of the molecule is CCN1C(=O)/C(=C\c2cc(Cl)c(OCc3ccccc3Cl)c(Cl)c2)SC1=Nc1ccc(F)cc1. The van der Waals surface area contributed by atoms with E-state index in [0.29, 0.717) is 48.7 Å². The number of benzene rings is 3. The Labute approximate surface area is 216 Å². The zero-order valence-electron chi connectivity index (χ0n) is 17.9. The number of thioether (sulfide) groups is 1. The lowest BCUT2D eigenvalue weighted by molar-refractivity contribution is -0.122. The standard InChI is InChI=1S/C25H18Cl3FN2O2S/c1-2-31-24(32)22(34-25(31)30-18-9-7-17(29)8-10-18)13-15-11-20(27)23(21(28)12-15)33-14-16-5-3-4-6-19(16)26/h3-13H,2,14H2,1H3/b22-13+,30-25?. The first-order chi connectivity index (χ1) is 16.4. The van der Waals surface area contributed by atoms with E-state index < -0.39 is 0 Å². The summed E-state index contributed by atoms with van der Waals surface area (Å²) in [5, 5.41) is 1.73. The third-order valence-electron chi connectivity index (χ3n) is 4.90. The molecule has 0 radical (unpaired) electrons. The quantitative estimate of drug-likeness (QED) is 0.300. The average Bonchev–Trinajstić information content (AvgIpc) is 3.09. The van der Waals surface area contributed by atoms with Gasteiger partial charge in [-0.1, -0.05) is 53.0 Å². The van der Waals surface area contributed by atoms with Crippen molar-refractivity contribution in [3.8, 4) is 5.75 Å². The van der Waals surface area contributed by atoms with Crippen LogP contribution in [0.4, 0.5) is 10.1 Å². The van der Waals surface area contributed by atoms with Crippen molar-refractivity contribution < 1.29 is 13.9 Å². The van der Waals surface area contributed by atoms with Gasteiger partial charge in [0.1, 0.15) is 12.4 Å².